The van der Waals surface area contributed by atoms with E-state index in [1.54, 1.807) is 7.11 Å². The predicted molar refractivity (Wildman–Crippen MR) is 96.7 cm³/mol. The number of carbonyl (C=O) groups is 1. The Bertz CT molecular complexity index is 635. The summed E-state index contributed by atoms with van der Waals surface area (Å²) in [6, 6.07) is 5.85. The van der Waals surface area contributed by atoms with Crippen LogP contribution in [0.15, 0.2) is 18.2 Å². The zero-order chi connectivity index (χ0) is 16.7. The highest BCUT2D eigenvalue weighted by atomic mass is 16.5. The fraction of sp³-hybridized carbons (Fsp3) is 0.650. The van der Waals surface area contributed by atoms with Gasteiger partial charge in [-0.15, -0.1) is 0 Å². The molecule has 1 amide bonds. The lowest BCUT2D eigenvalue weighted by molar-refractivity contribution is -0.117. The number of rotatable bonds is 7. The molecule has 1 aromatic rings. The molecule has 4 rings (SSSR count). The van der Waals surface area contributed by atoms with Gasteiger partial charge in [-0.2, -0.15) is 0 Å². The van der Waals surface area contributed by atoms with E-state index in [1.807, 2.05) is 25.2 Å². The van der Waals surface area contributed by atoms with Crippen molar-refractivity contribution in [1.29, 1.82) is 0 Å². The van der Waals surface area contributed by atoms with Gasteiger partial charge in [0.05, 0.1) is 18.5 Å². The zero-order valence-electron chi connectivity index (χ0n) is 14.8. The number of methoxy groups -OCH3 is 1. The summed E-state index contributed by atoms with van der Waals surface area (Å²) in [6.45, 7) is 0. The molecule has 1 unspecified atom stereocenters. The molecule has 0 bridgehead atoms. The maximum Gasteiger partial charge on any atom is 0.247 e. The zero-order valence-corrected chi connectivity index (χ0v) is 14.8. The number of hydrogen-bond donors (Lipinski definition) is 1. The van der Waals surface area contributed by atoms with E-state index in [1.165, 1.54) is 44.9 Å². The number of anilines is 2. The largest absolute Gasteiger partial charge is 0.497 e. The summed E-state index contributed by atoms with van der Waals surface area (Å²) < 4.78 is 5.26. The molecule has 0 spiro atoms. The Kier molecular flexibility index (Phi) is 3.93. The molecule has 1 aromatic carbocycles. The standard InChI is InChI=1S/C20H28N2O2/c1-22-17-6-5-15(24-2)13-16(17)21-19(23)18(22)8-10-20(11-12-20)9-7-14-3-4-14/h5-6,13-14,18H,3-4,7-12H2,1-2H3,(H,21,23). The minimum absolute atomic E-state index is 0.0516. The van der Waals surface area contributed by atoms with Crippen molar-refractivity contribution >= 4 is 17.3 Å². The predicted octanol–water partition coefficient (Wildman–Crippen LogP) is 4.20. The molecule has 0 aromatic heterocycles. The Balaban J connectivity index is 1.40. The maximum atomic E-state index is 12.6. The molecular weight excluding hydrogens is 300 g/mol. The van der Waals surface area contributed by atoms with Crippen LogP contribution in [0, 0.1) is 11.3 Å². The number of fused-ring (bicyclic) bond motifs is 1. The van der Waals surface area contributed by atoms with E-state index in [0.29, 0.717) is 5.41 Å². The third kappa shape index (κ3) is 3.11. The third-order valence-corrected chi connectivity index (χ3v) is 6.30. The Morgan fingerprint density at radius 2 is 2.00 bits per heavy atom. The molecule has 0 saturated heterocycles. The molecule has 1 N–H and O–H groups in total. The normalized spacial score (nSPS) is 24.3. The van der Waals surface area contributed by atoms with Crippen molar-refractivity contribution < 1.29 is 9.53 Å². The van der Waals surface area contributed by atoms with Crippen LogP contribution in [0.3, 0.4) is 0 Å². The molecule has 2 saturated carbocycles. The summed E-state index contributed by atoms with van der Waals surface area (Å²) in [4.78, 5) is 14.7. The third-order valence-electron chi connectivity index (χ3n) is 6.30. The average Bonchev–Trinajstić information content (AvgIpc) is 3.48. The first-order chi connectivity index (χ1) is 11.6. The molecule has 2 aliphatic carbocycles. The molecule has 1 aliphatic heterocycles. The first kappa shape index (κ1) is 15.8. The molecule has 0 radical (unpaired) electrons. The number of likely N-dealkylation sites (N-methyl/N-ethyl adjacent to an activating group) is 1. The minimum Gasteiger partial charge on any atom is -0.497 e. The fourth-order valence-corrected chi connectivity index (χ4v) is 4.10. The van der Waals surface area contributed by atoms with Gasteiger partial charge in [0.1, 0.15) is 11.8 Å². The Hall–Kier alpha value is -1.71. The van der Waals surface area contributed by atoms with Crippen LogP contribution in [0.5, 0.6) is 5.75 Å². The van der Waals surface area contributed by atoms with Crippen LogP contribution in [0.4, 0.5) is 11.4 Å². The molecule has 24 heavy (non-hydrogen) atoms. The second-order valence-electron chi connectivity index (χ2n) is 8.02. The van der Waals surface area contributed by atoms with Crippen LogP contribution in [-0.2, 0) is 4.79 Å². The maximum absolute atomic E-state index is 12.6. The summed E-state index contributed by atoms with van der Waals surface area (Å²) in [6.07, 6.45) is 10.6. The van der Waals surface area contributed by atoms with Crippen LogP contribution in [-0.4, -0.2) is 26.1 Å². The van der Waals surface area contributed by atoms with Gasteiger partial charge in [0.15, 0.2) is 0 Å². The van der Waals surface area contributed by atoms with Gasteiger partial charge >= 0.3 is 0 Å². The molecule has 130 valence electrons. The van der Waals surface area contributed by atoms with Gasteiger partial charge < -0.3 is 15.0 Å². The van der Waals surface area contributed by atoms with Crippen LogP contribution in [0.25, 0.3) is 0 Å². The quantitative estimate of drug-likeness (QED) is 0.815. The van der Waals surface area contributed by atoms with Crippen molar-refractivity contribution in [3.8, 4) is 5.75 Å². The molecule has 4 nitrogen and oxygen atoms in total. The van der Waals surface area contributed by atoms with E-state index in [-0.39, 0.29) is 11.9 Å². The first-order valence-corrected chi connectivity index (χ1v) is 9.32. The molecule has 3 aliphatic rings. The van der Waals surface area contributed by atoms with Crippen molar-refractivity contribution in [2.75, 3.05) is 24.4 Å². The lowest BCUT2D eigenvalue weighted by atomic mass is 9.90. The van der Waals surface area contributed by atoms with Gasteiger partial charge in [0.2, 0.25) is 5.91 Å². The van der Waals surface area contributed by atoms with Gasteiger partial charge in [0.25, 0.3) is 0 Å². The first-order valence-electron chi connectivity index (χ1n) is 9.32. The summed E-state index contributed by atoms with van der Waals surface area (Å²) in [7, 11) is 3.69. The number of nitrogens with one attached hydrogen (secondary N) is 1. The molecular formula is C20H28N2O2. The van der Waals surface area contributed by atoms with E-state index in [4.69, 9.17) is 4.74 Å². The van der Waals surface area contributed by atoms with E-state index in [2.05, 4.69) is 10.2 Å². The Morgan fingerprint density at radius 1 is 1.25 bits per heavy atom. The second kappa shape index (κ2) is 5.98. The van der Waals surface area contributed by atoms with E-state index >= 15 is 0 Å². The number of amides is 1. The number of nitrogens with zero attached hydrogens (tertiary/aromatic N) is 1. The smallest absolute Gasteiger partial charge is 0.247 e. The highest BCUT2D eigenvalue weighted by Crippen LogP contribution is 2.55. The van der Waals surface area contributed by atoms with Gasteiger partial charge in [-0.25, -0.2) is 0 Å². The fourth-order valence-electron chi connectivity index (χ4n) is 4.10. The van der Waals surface area contributed by atoms with Crippen molar-refractivity contribution in [3.05, 3.63) is 18.2 Å². The number of carbonyl (C=O) groups excluding carboxylic acids is 1. The molecule has 1 heterocycles. The van der Waals surface area contributed by atoms with Crippen LogP contribution >= 0.6 is 0 Å². The van der Waals surface area contributed by atoms with Gasteiger partial charge in [-0.1, -0.05) is 12.8 Å². The number of benzene rings is 1. The summed E-state index contributed by atoms with van der Waals surface area (Å²) in [5.74, 6) is 1.92. The minimum atomic E-state index is -0.0516. The highest BCUT2D eigenvalue weighted by Gasteiger charge is 2.44. The second-order valence-corrected chi connectivity index (χ2v) is 8.02. The molecule has 2 fully saturated rings. The van der Waals surface area contributed by atoms with Gasteiger partial charge in [-0.05, 0) is 62.0 Å². The molecule has 4 heteroatoms. The van der Waals surface area contributed by atoms with Crippen LogP contribution in [0.2, 0.25) is 0 Å². The Labute approximate surface area is 144 Å². The Morgan fingerprint density at radius 3 is 2.67 bits per heavy atom. The van der Waals surface area contributed by atoms with Crippen molar-refractivity contribution in [3.63, 3.8) is 0 Å². The SMILES string of the molecule is COc1ccc2c(c1)NC(=O)C(CCC1(CCC3CC3)CC1)N2C. The van der Waals surface area contributed by atoms with Gasteiger partial charge in [0, 0.05) is 13.1 Å². The van der Waals surface area contributed by atoms with Gasteiger partial charge in [-0.3, -0.25) is 4.79 Å². The van der Waals surface area contributed by atoms with E-state index in [0.717, 1.165) is 29.5 Å². The lowest BCUT2D eigenvalue weighted by Crippen LogP contribution is -2.46. The number of ether oxygens (including phenoxy) is 1. The molecule has 1 atom stereocenters. The summed E-state index contributed by atoms with van der Waals surface area (Å²) >= 11 is 0. The van der Waals surface area contributed by atoms with E-state index < -0.39 is 0 Å². The monoisotopic (exact) mass is 328 g/mol. The average molecular weight is 328 g/mol. The van der Waals surface area contributed by atoms with Crippen molar-refractivity contribution in [2.45, 2.75) is 57.4 Å². The van der Waals surface area contributed by atoms with Crippen LogP contribution in [0.1, 0.15) is 51.4 Å². The lowest BCUT2D eigenvalue weighted by Gasteiger charge is -2.36. The van der Waals surface area contributed by atoms with Crippen molar-refractivity contribution in [2.24, 2.45) is 11.3 Å². The highest BCUT2D eigenvalue weighted by molar-refractivity contribution is 6.03. The number of hydrogen-bond acceptors (Lipinski definition) is 3. The topological polar surface area (TPSA) is 41.6 Å². The van der Waals surface area contributed by atoms with Crippen molar-refractivity contribution in [1.82, 2.24) is 0 Å². The van der Waals surface area contributed by atoms with Crippen LogP contribution < -0.4 is 15.0 Å². The van der Waals surface area contributed by atoms with E-state index in [9.17, 15) is 4.79 Å². The summed E-state index contributed by atoms with van der Waals surface area (Å²) in [5, 5.41) is 3.07. The summed E-state index contributed by atoms with van der Waals surface area (Å²) in [5.41, 5.74) is 2.50.